The number of piperazine rings is 1. The summed E-state index contributed by atoms with van der Waals surface area (Å²) < 4.78 is 0. The van der Waals surface area contributed by atoms with E-state index in [0.717, 1.165) is 12.5 Å². The third kappa shape index (κ3) is 3.62. The van der Waals surface area contributed by atoms with E-state index in [-0.39, 0.29) is 0 Å². The lowest BCUT2D eigenvalue weighted by Gasteiger charge is -2.44. The van der Waals surface area contributed by atoms with Gasteiger partial charge >= 0.3 is 0 Å². The largest absolute Gasteiger partial charge is 0.311 e. The van der Waals surface area contributed by atoms with Gasteiger partial charge < -0.3 is 5.32 Å². The molecule has 2 aliphatic heterocycles. The van der Waals surface area contributed by atoms with Gasteiger partial charge in [-0.15, -0.1) is 0 Å². The van der Waals surface area contributed by atoms with Crippen molar-refractivity contribution in [1.29, 1.82) is 0 Å². The molecule has 2 fully saturated rings. The maximum Gasteiger partial charge on any atom is 0.0244 e. The Morgan fingerprint density at radius 2 is 2.12 bits per heavy atom. The smallest absolute Gasteiger partial charge is 0.0244 e. The Bertz CT molecular complexity index is 243. The Morgan fingerprint density at radius 1 is 1.35 bits per heavy atom. The third-order valence-electron chi connectivity index (χ3n) is 4.26. The van der Waals surface area contributed by atoms with E-state index < -0.39 is 0 Å². The zero-order chi connectivity index (χ0) is 12.5. The number of rotatable bonds is 2. The molecular formula is C14H28N2S. The van der Waals surface area contributed by atoms with Crippen molar-refractivity contribution in [3.63, 3.8) is 0 Å². The van der Waals surface area contributed by atoms with E-state index in [1.54, 1.807) is 0 Å². The quantitative estimate of drug-likeness (QED) is 0.817. The van der Waals surface area contributed by atoms with Crippen LogP contribution in [0.3, 0.4) is 0 Å². The monoisotopic (exact) mass is 256 g/mol. The fourth-order valence-corrected chi connectivity index (χ4v) is 4.09. The lowest BCUT2D eigenvalue weighted by atomic mass is 9.84. The van der Waals surface area contributed by atoms with Gasteiger partial charge in [0.05, 0.1) is 0 Å². The Balaban J connectivity index is 1.90. The second kappa shape index (κ2) is 5.50. The maximum absolute atomic E-state index is 3.72. The van der Waals surface area contributed by atoms with Gasteiger partial charge in [-0.3, -0.25) is 4.90 Å². The number of nitrogens with one attached hydrogen (secondary N) is 1. The van der Waals surface area contributed by atoms with Crippen LogP contribution >= 0.6 is 11.8 Å². The van der Waals surface area contributed by atoms with E-state index in [2.05, 4.69) is 49.7 Å². The number of nitrogens with zero attached hydrogens (tertiary/aromatic N) is 1. The Kier molecular flexibility index (Phi) is 4.43. The van der Waals surface area contributed by atoms with E-state index >= 15 is 0 Å². The molecule has 2 aliphatic rings. The molecule has 0 amide bonds. The van der Waals surface area contributed by atoms with Gasteiger partial charge in [0, 0.05) is 31.7 Å². The molecule has 2 saturated heterocycles. The third-order valence-corrected chi connectivity index (χ3v) is 5.49. The van der Waals surface area contributed by atoms with Crippen LogP contribution in [0.5, 0.6) is 0 Å². The molecule has 3 atom stereocenters. The molecule has 2 nitrogen and oxygen atoms in total. The molecule has 0 bridgehead atoms. The standard InChI is InChI=1S/C14H28N2S/c1-11-7-15-13(14(2,3)4)9-16(11)8-12-5-6-17-10-12/h11-13,15H,5-10H2,1-4H3. The molecule has 100 valence electrons. The summed E-state index contributed by atoms with van der Waals surface area (Å²) in [5, 5.41) is 3.72. The van der Waals surface area contributed by atoms with Crippen LogP contribution in [0.1, 0.15) is 34.1 Å². The van der Waals surface area contributed by atoms with Crippen LogP contribution in [0.25, 0.3) is 0 Å². The van der Waals surface area contributed by atoms with Crippen LogP contribution in [-0.2, 0) is 0 Å². The number of hydrogen-bond donors (Lipinski definition) is 1. The van der Waals surface area contributed by atoms with Gasteiger partial charge in [-0.05, 0) is 36.2 Å². The first kappa shape index (κ1) is 13.7. The van der Waals surface area contributed by atoms with Gasteiger partial charge in [-0.25, -0.2) is 0 Å². The molecule has 0 aromatic heterocycles. The van der Waals surface area contributed by atoms with E-state index in [4.69, 9.17) is 0 Å². The summed E-state index contributed by atoms with van der Waals surface area (Å²) in [5.41, 5.74) is 0.378. The summed E-state index contributed by atoms with van der Waals surface area (Å²) in [5.74, 6) is 3.71. The summed E-state index contributed by atoms with van der Waals surface area (Å²) in [4.78, 5) is 2.73. The zero-order valence-corrected chi connectivity index (χ0v) is 12.6. The minimum atomic E-state index is 0.378. The molecule has 1 N–H and O–H groups in total. The van der Waals surface area contributed by atoms with Crippen LogP contribution in [0.4, 0.5) is 0 Å². The minimum absolute atomic E-state index is 0.378. The van der Waals surface area contributed by atoms with Gasteiger partial charge in [-0.2, -0.15) is 11.8 Å². The summed E-state index contributed by atoms with van der Waals surface area (Å²) in [6, 6.07) is 1.35. The lowest BCUT2D eigenvalue weighted by molar-refractivity contribution is 0.0827. The van der Waals surface area contributed by atoms with Crippen LogP contribution in [0, 0.1) is 11.3 Å². The Labute approximate surface area is 111 Å². The molecule has 0 aromatic carbocycles. The molecule has 2 rings (SSSR count). The van der Waals surface area contributed by atoms with Crippen LogP contribution in [0.15, 0.2) is 0 Å². The molecule has 0 aromatic rings. The fourth-order valence-electron chi connectivity index (χ4n) is 2.81. The first-order chi connectivity index (χ1) is 7.97. The van der Waals surface area contributed by atoms with Crippen LogP contribution < -0.4 is 5.32 Å². The average Bonchev–Trinajstić information content (AvgIpc) is 2.72. The molecule has 0 aliphatic carbocycles. The van der Waals surface area contributed by atoms with Crippen LogP contribution in [0.2, 0.25) is 0 Å². The van der Waals surface area contributed by atoms with Crippen molar-refractivity contribution < 1.29 is 0 Å². The van der Waals surface area contributed by atoms with Gasteiger partial charge in [0.15, 0.2) is 0 Å². The van der Waals surface area contributed by atoms with Crippen molar-refractivity contribution in [3.05, 3.63) is 0 Å². The van der Waals surface area contributed by atoms with Crippen molar-refractivity contribution in [1.82, 2.24) is 10.2 Å². The Morgan fingerprint density at radius 3 is 2.71 bits per heavy atom. The molecular weight excluding hydrogens is 228 g/mol. The molecule has 2 heterocycles. The molecule has 0 saturated carbocycles. The molecule has 0 spiro atoms. The van der Waals surface area contributed by atoms with E-state index in [1.807, 2.05) is 0 Å². The number of thioether (sulfide) groups is 1. The van der Waals surface area contributed by atoms with Crippen molar-refractivity contribution >= 4 is 11.8 Å². The molecule has 0 radical (unpaired) electrons. The zero-order valence-electron chi connectivity index (χ0n) is 11.8. The Hall–Kier alpha value is 0.270. The van der Waals surface area contributed by atoms with Crippen molar-refractivity contribution in [2.75, 3.05) is 31.1 Å². The van der Waals surface area contributed by atoms with E-state index in [9.17, 15) is 0 Å². The minimum Gasteiger partial charge on any atom is -0.311 e. The van der Waals surface area contributed by atoms with E-state index in [1.165, 1.54) is 31.0 Å². The highest BCUT2D eigenvalue weighted by Crippen LogP contribution is 2.28. The molecule has 3 heteroatoms. The van der Waals surface area contributed by atoms with Gasteiger partial charge in [0.2, 0.25) is 0 Å². The highest BCUT2D eigenvalue weighted by Gasteiger charge is 2.33. The normalized spacial score (nSPS) is 36.4. The molecule has 3 unspecified atom stereocenters. The summed E-state index contributed by atoms with van der Waals surface area (Å²) >= 11 is 2.14. The van der Waals surface area contributed by atoms with E-state index in [0.29, 0.717) is 17.5 Å². The predicted octanol–water partition coefficient (Wildman–Crippen LogP) is 2.45. The maximum atomic E-state index is 3.72. The van der Waals surface area contributed by atoms with Crippen molar-refractivity contribution in [2.24, 2.45) is 11.3 Å². The van der Waals surface area contributed by atoms with Gasteiger partial charge in [0.1, 0.15) is 0 Å². The lowest BCUT2D eigenvalue weighted by Crippen LogP contribution is -2.60. The topological polar surface area (TPSA) is 15.3 Å². The SMILES string of the molecule is CC1CNC(C(C)(C)C)CN1CC1CCSC1. The predicted molar refractivity (Wildman–Crippen MR) is 77.7 cm³/mol. The number of hydrogen-bond acceptors (Lipinski definition) is 3. The summed E-state index contributed by atoms with van der Waals surface area (Å²) in [6.07, 6.45) is 1.43. The molecule has 17 heavy (non-hydrogen) atoms. The van der Waals surface area contributed by atoms with Crippen molar-refractivity contribution in [2.45, 2.75) is 46.2 Å². The second-order valence-corrected chi connectivity index (χ2v) is 8.01. The van der Waals surface area contributed by atoms with Crippen LogP contribution in [-0.4, -0.2) is 48.1 Å². The van der Waals surface area contributed by atoms with Crippen molar-refractivity contribution in [3.8, 4) is 0 Å². The van der Waals surface area contributed by atoms with Gasteiger partial charge in [-0.1, -0.05) is 20.8 Å². The average molecular weight is 256 g/mol. The highest BCUT2D eigenvalue weighted by atomic mass is 32.2. The first-order valence-electron chi connectivity index (χ1n) is 7.02. The summed E-state index contributed by atoms with van der Waals surface area (Å²) in [7, 11) is 0. The van der Waals surface area contributed by atoms with Gasteiger partial charge in [0.25, 0.3) is 0 Å². The second-order valence-electron chi connectivity index (χ2n) is 6.86. The summed E-state index contributed by atoms with van der Waals surface area (Å²) in [6.45, 7) is 13.1. The fraction of sp³-hybridized carbons (Fsp3) is 1.00. The highest BCUT2D eigenvalue weighted by molar-refractivity contribution is 7.99. The first-order valence-corrected chi connectivity index (χ1v) is 8.17.